The van der Waals surface area contributed by atoms with Crippen LogP contribution in [0.5, 0.6) is 0 Å². The Labute approximate surface area is 184 Å². The average molecular weight is 426 g/mol. The van der Waals surface area contributed by atoms with Gasteiger partial charge in [-0.15, -0.1) is 0 Å². The molecule has 2 amide bonds. The Bertz CT molecular complexity index is 1190. The predicted octanol–water partition coefficient (Wildman–Crippen LogP) is 4.58. The zero-order valence-corrected chi connectivity index (χ0v) is 17.3. The van der Waals surface area contributed by atoms with Crippen LogP contribution < -0.4 is 10.6 Å². The molecular formula is C24H18N4O4. The second kappa shape index (κ2) is 9.79. The summed E-state index contributed by atoms with van der Waals surface area (Å²) >= 11 is 0. The van der Waals surface area contributed by atoms with E-state index in [1.807, 2.05) is 12.1 Å². The molecule has 0 saturated carbocycles. The molecule has 2 N–H and O–H groups in total. The Kier molecular flexibility index (Phi) is 6.69. The molecule has 3 rings (SSSR count). The molecule has 2 heterocycles. The van der Waals surface area contributed by atoms with E-state index in [9.17, 15) is 20.1 Å². The Morgan fingerprint density at radius 2 is 1.09 bits per heavy atom. The number of carbonyl (C=O) groups is 2. The van der Waals surface area contributed by atoms with Gasteiger partial charge in [0.1, 0.15) is 46.3 Å². The zero-order chi connectivity index (χ0) is 23.1. The van der Waals surface area contributed by atoms with E-state index in [0.29, 0.717) is 34.4 Å². The van der Waals surface area contributed by atoms with Gasteiger partial charge in [-0.1, -0.05) is 0 Å². The molecule has 2 aromatic heterocycles. The first-order chi connectivity index (χ1) is 15.4. The Hall–Kier alpha value is -4.82. The number of anilines is 2. The highest BCUT2D eigenvalue weighted by Crippen LogP contribution is 2.18. The fourth-order valence-electron chi connectivity index (χ4n) is 2.68. The first-order valence-corrected chi connectivity index (χ1v) is 9.47. The number of rotatable bonds is 6. The van der Waals surface area contributed by atoms with Gasteiger partial charge in [0.15, 0.2) is 0 Å². The van der Waals surface area contributed by atoms with E-state index in [1.165, 1.54) is 12.2 Å². The van der Waals surface area contributed by atoms with Crippen molar-refractivity contribution in [2.24, 2.45) is 0 Å². The molecule has 0 fully saturated rings. The summed E-state index contributed by atoms with van der Waals surface area (Å²) in [6.45, 7) is 3.52. The molecular weight excluding hydrogens is 408 g/mol. The van der Waals surface area contributed by atoms with Gasteiger partial charge in [0.2, 0.25) is 0 Å². The predicted molar refractivity (Wildman–Crippen MR) is 118 cm³/mol. The summed E-state index contributed by atoms with van der Waals surface area (Å²) < 4.78 is 10.7. The number of furan rings is 2. The van der Waals surface area contributed by atoms with Gasteiger partial charge in [0.05, 0.1) is 0 Å². The van der Waals surface area contributed by atoms with Crippen molar-refractivity contribution in [1.82, 2.24) is 0 Å². The fraction of sp³-hybridized carbons (Fsp3) is 0.0833. The van der Waals surface area contributed by atoms with E-state index in [-0.39, 0.29) is 11.1 Å². The quantitative estimate of drug-likeness (QED) is 0.438. The van der Waals surface area contributed by atoms with Crippen LogP contribution in [0.3, 0.4) is 0 Å². The summed E-state index contributed by atoms with van der Waals surface area (Å²) in [7, 11) is 0. The molecule has 0 bridgehead atoms. The van der Waals surface area contributed by atoms with Gasteiger partial charge in [0, 0.05) is 23.5 Å². The molecule has 0 aliphatic carbocycles. The van der Waals surface area contributed by atoms with Crippen LogP contribution in [0, 0.1) is 36.5 Å². The highest BCUT2D eigenvalue weighted by molar-refractivity contribution is 6.10. The van der Waals surface area contributed by atoms with Crippen LogP contribution in [-0.4, -0.2) is 11.8 Å². The third-order valence-corrected chi connectivity index (χ3v) is 4.23. The highest BCUT2D eigenvalue weighted by Gasteiger charge is 2.13. The lowest BCUT2D eigenvalue weighted by atomic mass is 10.2. The third kappa shape index (κ3) is 5.62. The maximum atomic E-state index is 12.4. The minimum absolute atomic E-state index is 0.117. The van der Waals surface area contributed by atoms with Crippen molar-refractivity contribution >= 4 is 35.3 Å². The minimum Gasteiger partial charge on any atom is -0.462 e. The summed E-state index contributed by atoms with van der Waals surface area (Å²) in [5.74, 6) is 0.945. The lowest BCUT2D eigenvalue weighted by Gasteiger charge is -2.07. The molecule has 1 aromatic carbocycles. The summed E-state index contributed by atoms with van der Waals surface area (Å²) in [6, 6.07) is 16.7. The molecule has 3 aromatic rings. The van der Waals surface area contributed by atoms with Crippen molar-refractivity contribution in [1.29, 1.82) is 10.5 Å². The maximum Gasteiger partial charge on any atom is 0.266 e. The van der Waals surface area contributed by atoms with Gasteiger partial charge in [0.25, 0.3) is 11.8 Å². The maximum absolute atomic E-state index is 12.4. The van der Waals surface area contributed by atoms with E-state index in [2.05, 4.69) is 10.6 Å². The Balaban J connectivity index is 1.65. The zero-order valence-electron chi connectivity index (χ0n) is 17.3. The number of benzene rings is 1. The van der Waals surface area contributed by atoms with Crippen LogP contribution in [0.2, 0.25) is 0 Å². The Morgan fingerprint density at radius 3 is 1.38 bits per heavy atom. The molecule has 0 spiro atoms. The van der Waals surface area contributed by atoms with Gasteiger partial charge >= 0.3 is 0 Å². The molecule has 0 saturated heterocycles. The monoisotopic (exact) mass is 426 g/mol. The van der Waals surface area contributed by atoms with Crippen LogP contribution >= 0.6 is 0 Å². The molecule has 158 valence electrons. The molecule has 8 nitrogen and oxygen atoms in total. The molecule has 0 aliphatic heterocycles. The first kappa shape index (κ1) is 21.9. The van der Waals surface area contributed by atoms with Gasteiger partial charge in [-0.25, -0.2) is 0 Å². The van der Waals surface area contributed by atoms with Gasteiger partial charge in [-0.2, -0.15) is 10.5 Å². The number of nitriles is 2. The first-order valence-electron chi connectivity index (χ1n) is 9.47. The van der Waals surface area contributed by atoms with Crippen LogP contribution in [0.25, 0.3) is 12.2 Å². The van der Waals surface area contributed by atoms with E-state index >= 15 is 0 Å². The second-order valence-corrected chi connectivity index (χ2v) is 6.72. The van der Waals surface area contributed by atoms with E-state index < -0.39 is 11.8 Å². The lowest BCUT2D eigenvalue weighted by Crippen LogP contribution is -2.14. The topological polar surface area (TPSA) is 132 Å². The van der Waals surface area contributed by atoms with Crippen LogP contribution in [0.1, 0.15) is 23.0 Å². The molecule has 0 unspecified atom stereocenters. The number of aryl methyl sites for hydroxylation is 2. The normalized spacial score (nSPS) is 11.4. The molecule has 0 radical (unpaired) electrons. The molecule has 32 heavy (non-hydrogen) atoms. The third-order valence-electron chi connectivity index (χ3n) is 4.23. The lowest BCUT2D eigenvalue weighted by molar-refractivity contribution is -0.113. The van der Waals surface area contributed by atoms with Crippen molar-refractivity contribution in [3.05, 3.63) is 82.7 Å². The molecule has 8 heteroatoms. The number of nitrogens with zero attached hydrogens (tertiary/aromatic N) is 2. The smallest absolute Gasteiger partial charge is 0.266 e. The SMILES string of the molecule is Cc1ccc(C=C(C#N)C(=O)Nc2ccc(NC(=O)C(C#N)=Cc3ccc(C)o3)cc2)o1. The molecule has 0 aliphatic rings. The van der Waals surface area contributed by atoms with Crippen molar-refractivity contribution in [2.75, 3.05) is 10.6 Å². The van der Waals surface area contributed by atoms with Gasteiger partial charge in [-0.3, -0.25) is 9.59 Å². The number of hydrogen-bond acceptors (Lipinski definition) is 6. The van der Waals surface area contributed by atoms with Crippen LogP contribution in [-0.2, 0) is 9.59 Å². The fourth-order valence-corrected chi connectivity index (χ4v) is 2.68. The largest absolute Gasteiger partial charge is 0.462 e. The summed E-state index contributed by atoms with van der Waals surface area (Å²) in [6.07, 6.45) is 2.71. The summed E-state index contributed by atoms with van der Waals surface area (Å²) in [5.41, 5.74) is 0.612. The highest BCUT2D eigenvalue weighted by atomic mass is 16.3. The van der Waals surface area contributed by atoms with Gasteiger partial charge < -0.3 is 19.5 Å². The van der Waals surface area contributed by atoms with Crippen molar-refractivity contribution in [3.63, 3.8) is 0 Å². The summed E-state index contributed by atoms with van der Waals surface area (Å²) in [5, 5.41) is 23.7. The number of amides is 2. The summed E-state index contributed by atoms with van der Waals surface area (Å²) in [4.78, 5) is 24.7. The van der Waals surface area contributed by atoms with Gasteiger partial charge in [-0.05, 0) is 62.4 Å². The number of carbonyl (C=O) groups excluding carboxylic acids is 2. The van der Waals surface area contributed by atoms with E-state index in [1.54, 1.807) is 62.4 Å². The Morgan fingerprint density at radius 1 is 0.719 bits per heavy atom. The van der Waals surface area contributed by atoms with Crippen molar-refractivity contribution < 1.29 is 18.4 Å². The van der Waals surface area contributed by atoms with Crippen molar-refractivity contribution in [3.8, 4) is 12.1 Å². The number of hydrogen-bond donors (Lipinski definition) is 2. The second-order valence-electron chi connectivity index (χ2n) is 6.72. The van der Waals surface area contributed by atoms with E-state index in [0.717, 1.165) is 0 Å². The van der Waals surface area contributed by atoms with Crippen molar-refractivity contribution in [2.45, 2.75) is 13.8 Å². The number of nitrogens with one attached hydrogen (secondary N) is 2. The standard InChI is InChI=1S/C24H18N4O4/c1-15-3-9-21(31-15)11-17(13-25)23(29)27-19-5-7-20(8-6-19)28-24(30)18(14-26)12-22-10-4-16(2)32-22/h3-12H,1-2H3,(H,27,29)(H,28,30). The molecule has 0 atom stereocenters. The average Bonchev–Trinajstić information content (AvgIpc) is 3.38. The van der Waals surface area contributed by atoms with Crippen LogP contribution in [0.15, 0.2) is 68.5 Å². The van der Waals surface area contributed by atoms with E-state index in [4.69, 9.17) is 8.83 Å². The minimum atomic E-state index is -0.596. The van der Waals surface area contributed by atoms with Crippen LogP contribution in [0.4, 0.5) is 11.4 Å².